The quantitative estimate of drug-likeness (QED) is 0.732. The van der Waals surface area contributed by atoms with Crippen molar-refractivity contribution >= 4 is 0 Å². The van der Waals surface area contributed by atoms with E-state index in [-0.39, 0.29) is 11.9 Å². The van der Waals surface area contributed by atoms with E-state index in [4.69, 9.17) is 5.73 Å². The van der Waals surface area contributed by atoms with Gasteiger partial charge in [-0.1, -0.05) is 29.8 Å². The molecular formula is C15H14FN. The Morgan fingerprint density at radius 3 is 2.71 bits per heavy atom. The molecule has 0 saturated carbocycles. The van der Waals surface area contributed by atoms with Crippen molar-refractivity contribution in [1.29, 1.82) is 0 Å². The van der Waals surface area contributed by atoms with E-state index in [9.17, 15) is 4.39 Å². The van der Waals surface area contributed by atoms with Crippen LogP contribution in [0.2, 0.25) is 0 Å². The number of hydrogen-bond acceptors (Lipinski definition) is 1. The Morgan fingerprint density at radius 1 is 1.18 bits per heavy atom. The number of halogens is 1. The Labute approximate surface area is 100 Å². The second-order valence-electron chi connectivity index (χ2n) is 4.72. The van der Waals surface area contributed by atoms with Gasteiger partial charge in [-0.05, 0) is 42.2 Å². The number of hydrogen-bond donors (Lipinski definition) is 1. The first kappa shape index (κ1) is 10.5. The molecule has 0 aliphatic heterocycles. The first-order valence-electron chi connectivity index (χ1n) is 5.75. The minimum Gasteiger partial charge on any atom is -0.320 e. The van der Waals surface area contributed by atoms with Gasteiger partial charge in [0.1, 0.15) is 5.82 Å². The maximum Gasteiger partial charge on any atom is 0.131 e. The van der Waals surface area contributed by atoms with E-state index < -0.39 is 0 Å². The highest BCUT2D eigenvalue weighted by molar-refractivity contribution is 5.80. The van der Waals surface area contributed by atoms with Crippen LogP contribution in [0.5, 0.6) is 0 Å². The predicted octanol–water partition coefficient (Wildman–Crippen LogP) is 3.47. The third-order valence-corrected chi connectivity index (χ3v) is 3.49. The summed E-state index contributed by atoms with van der Waals surface area (Å²) in [6.45, 7) is 4.06. The number of fused-ring (bicyclic) bond motifs is 3. The van der Waals surface area contributed by atoms with Gasteiger partial charge in [-0.25, -0.2) is 4.39 Å². The molecule has 1 nitrogen and oxygen atoms in total. The van der Waals surface area contributed by atoms with E-state index in [0.717, 1.165) is 27.8 Å². The molecule has 0 radical (unpaired) electrons. The summed E-state index contributed by atoms with van der Waals surface area (Å²) in [5.41, 5.74) is 12.1. The summed E-state index contributed by atoms with van der Waals surface area (Å²) < 4.78 is 14.0. The Kier molecular flexibility index (Phi) is 2.10. The lowest BCUT2D eigenvalue weighted by Gasteiger charge is -2.10. The third-order valence-electron chi connectivity index (χ3n) is 3.49. The van der Waals surface area contributed by atoms with Gasteiger partial charge in [-0.15, -0.1) is 0 Å². The zero-order chi connectivity index (χ0) is 12.2. The average molecular weight is 227 g/mol. The molecule has 2 heteroatoms. The van der Waals surface area contributed by atoms with Crippen LogP contribution in [0.1, 0.15) is 28.3 Å². The van der Waals surface area contributed by atoms with Crippen LogP contribution in [0.15, 0.2) is 30.3 Å². The minimum atomic E-state index is -0.198. The van der Waals surface area contributed by atoms with Gasteiger partial charge in [0.25, 0.3) is 0 Å². The van der Waals surface area contributed by atoms with E-state index in [1.54, 1.807) is 6.07 Å². The van der Waals surface area contributed by atoms with Gasteiger partial charge in [0.15, 0.2) is 0 Å². The Hall–Kier alpha value is -1.67. The molecule has 1 unspecified atom stereocenters. The topological polar surface area (TPSA) is 26.0 Å². The third kappa shape index (κ3) is 1.34. The van der Waals surface area contributed by atoms with E-state index in [1.807, 2.05) is 26.0 Å². The smallest absolute Gasteiger partial charge is 0.131 e. The van der Waals surface area contributed by atoms with Gasteiger partial charge in [0.05, 0.1) is 6.04 Å². The minimum absolute atomic E-state index is 0.179. The Balaban J connectivity index is 2.41. The normalized spacial score (nSPS) is 16.8. The lowest BCUT2D eigenvalue weighted by Crippen LogP contribution is -2.09. The summed E-state index contributed by atoms with van der Waals surface area (Å²) in [4.78, 5) is 0. The Bertz CT molecular complexity index is 617. The molecule has 0 amide bonds. The van der Waals surface area contributed by atoms with Crippen LogP contribution in [0, 0.1) is 19.7 Å². The molecule has 1 atom stereocenters. The highest BCUT2D eigenvalue weighted by Crippen LogP contribution is 2.45. The first-order chi connectivity index (χ1) is 8.09. The summed E-state index contributed by atoms with van der Waals surface area (Å²) >= 11 is 0. The van der Waals surface area contributed by atoms with E-state index in [2.05, 4.69) is 6.07 Å². The molecule has 86 valence electrons. The van der Waals surface area contributed by atoms with Crippen molar-refractivity contribution in [3.63, 3.8) is 0 Å². The van der Waals surface area contributed by atoms with E-state index in [1.165, 1.54) is 6.07 Å². The monoisotopic (exact) mass is 227 g/mol. The molecule has 3 rings (SSSR count). The van der Waals surface area contributed by atoms with Crippen LogP contribution < -0.4 is 5.73 Å². The molecule has 0 saturated heterocycles. The van der Waals surface area contributed by atoms with Crippen LogP contribution in [-0.4, -0.2) is 0 Å². The molecule has 2 N–H and O–H groups in total. The van der Waals surface area contributed by atoms with Gasteiger partial charge >= 0.3 is 0 Å². The largest absolute Gasteiger partial charge is 0.320 e. The van der Waals surface area contributed by atoms with Crippen molar-refractivity contribution in [3.05, 3.63) is 58.4 Å². The number of nitrogens with two attached hydrogens (primary N) is 1. The zero-order valence-corrected chi connectivity index (χ0v) is 9.92. The number of rotatable bonds is 0. The first-order valence-corrected chi connectivity index (χ1v) is 5.75. The van der Waals surface area contributed by atoms with Crippen LogP contribution in [0.3, 0.4) is 0 Å². The van der Waals surface area contributed by atoms with E-state index in [0.29, 0.717) is 5.56 Å². The van der Waals surface area contributed by atoms with Gasteiger partial charge < -0.3 is 5.73 Å². The van der Waals surface area contributed by atoms with Crippen LogP contribution in [0.4, 0.5) is 4.39 Å². The van der Waals surface area contributed by atoms with Crippen molar-refractivity contribution in [3.8, 4) is 11.1 Å². The van der Waals surface area contributed by atoms with Gasteiger partial charge in [-0.3, -0.25) is 0 Å². The fraction of sp³-hybridized carbons (Fsp3) is 0.200. The van der Waals surface area contributed by atoms with Crippen molar-refractivity contribution in [2.45, 2.75) is 19.9 Å². The lowest BCUT2D eigenvalue weighted by atomic mass is 9.98. The number of benzene rings is 2. The second kappa shape index (κ2) is 3.41. The fourth-order valence-corrected chi connectivity index (χ4v) is 2.84. The molecular weight excluding hydrogens is 213 g/mol. The SMILES string of the molecule is Cc1cc(C)c2c(c1)-c1c(F)cccc1C2N. The molecule has 2 aromatic rings. The highest BCUT2D eigenvalue weighted by Gasteiger charge is 2.29. The molecule has 1 aliphatic carbocycles. The van der Waals surface area contributed by atoms with Gasteiger partial charge in [0, 0.05) is 5.56 Å². The molecule has 0 bridgehead atoms. The van der Waals surface area contributed by atoms with Crippen LogP contribution in [-0.2, 0) is 0 Å². The number of aryl methyl sites for hydroxylation is 2. The molecule has 0 spiro atoms. The maximum absolute atomic E-state index is 14.0. The molecule has 0 heterocycles. The Morgan fingerprint density at radius 2 is 1.94 bits per heavy atom. The molecule has 2 aromatic carbocycles. The van der Waals surface area contributed by atoms with Gasteiger partial charge in [0.2, 0.25) is 0 Å². The maximum atomic E-state index is 14.0. The predicted molar refractivity (Wildman–Crippen MR) is 67.3 cm³/mol. The summed E-state index contributed by atoms with van der Waals surface area (Å²) in [7, 11) is 0. The average Bonchev–Trinajstić information content (AvgIpc) is 2.54. The highest BCUT2D eigenvalue weighted by atomic mass is 19.1. The lowest BCUT2D eigenvalue weighted by molar-refractivity contribution is 0.630. The standard InChI is InChI=1S/C15H14FN/c1-8-6-9(2)13-11(7-8)14-10(15(13)17)4-3-5-12(14)16/h3-7,15H,17H2,1-2H3. The zero-order valence-electron chi connectivity index (χ0n) is 9.92. The summed E-state index contributed by atoms with van der Waals surface area (Å²) in [6, 6.07) is 9.06. The van der Waals surface area contributed by atoms with Crippen molar-refractivity contribution in [2.24, 2.45) is 5.73 Å². The van der Waals surface area contributed by atoms with Crippen molar-refractivity contribution in [1.82, 2.24) is 0 Å². The van der Waals surface area contributed by atoms with Crippen LogP contribution in [0.25, 0.3) is 11.1 Å². The van der Waals surface area contributed by atoms with Gasteiger partial charge in [-0.2, -0.15) is 0 Å². The van der Waals surface area contributed by atoms with Crippen LogP contribution >= 0.6 is 0 Å². The summed E-state index contributed by atoms with van der Waals surface area (Å²) in [5, 5.41) is 0. The molecule has 1 aliphatic rings. The summed E-state index contributed by atoms with van der Waals surface area (Å²) in [6.07, 6.45) is 0. The fourth-order valence-electron chi connectivity index (χ4n) is 2.84. The summed E-state index contributed by atoms with van der Waals surface area (Å²) in [5.74, 6) is -0.179. The molecule has 17 heavy (non-hydrogen) atoms. The second-order valence-corrected chi connectivity index (χ2v) is 4.72. The van der Waals surface area contributed by atoms with Crippen molar-refractivity contribution < 1.29 is 4.39 Å². The molecule has 0 aromatic heterocycles. The van der Waals surface area contributed by atoms with Crippen molar-refractivity contribution in [2.75, 3.05) is 0 Å². The molecule has 0 fully saturated rings. The van der Waals surface area contributed by atoms with E-state index >= 15 is 0 Å².